The molecule has 2 unspecified atom stereocenters. The smallest absolute Gasteiger partial charge is 0.338 e. The molecule has 0 spiro atoms. The van der Waals surface area contributed by atoms with Crippen molar-refractivity contribution in [1.29, 1.82) is 5.26 Å². The van der Waals surface area contributed by atoms with E-state index in [0.29, 0.717) is 36.6 Å². The Kier molecular flexibility index (Phi) is 5.00. The van der Waals surface area contributed by atoms with Gasteiger partial charge in [-0.2, -0.15) is 10.4 Å². The number of nitrogens with zero attached hydrogens (tertiary/aromatic N) is 5. The average molecular weight is 429 g/mol. The van der Waals surface area contributed by atoms with E-state index >= 15 is 0 Å². The van der Waals surface area contributed by atoms with Crippen molar-refractivity contribution < 1.29 is 14.6 Å². The lowest BCUT2D eigenvalue weighted by atomic mass is 9.88. The molecule has 0 amide bonds. The second-order valence-corrected chi connectivity index (χ2v) is 8.51. The summed E-state index contributed by atoms with van der Waals surface area (Å²) in [5.41, 5.74) is 6.11. The van der Waals surface area contributed by atoms with Gasteiger partial charge in [0.05, 0.1) is 23.4 Å². The highest BCUT2D eigenvalue weighted by Crippen LogP contribution is 2.35. The molecular formula is C24H23N5O3. The minimum absolute atomic E-state index is 0.0195. The number of pyridine rings is 1. The Bertz CT molecular complexity index is 1260. The SMILES string of the molecule is Cc1cc(-n2cc(CN3CC(O)C(c4ccc5c(c4C)COC5=O)C3)cn2)ncc1C#N. The van der Waals surface area contributed by atoms with Gasteiger partial charge < -0.3 is 9.84 Å². The van der Waals surface area contributed by atoms with Crippen molar-refractivity contribution in [2.45, 2.75) is 39.0 Å². The van der Waals surface area contributed by atoms with Crippen molar-refractivity contribution >= 4 is 5.97 Å². The molecule has 4 heterocycles. The van der Waals surface area contributed by atoms with Gasteiger partial charge in [-0.25, -0.2) is 14.5 Å². The number of fused-ring (bicyclic) bond motifs is 1. The molecule has 32 heavy (non-hydrogen) atoms. The number of rotatable bonds is 4. The third-order valence-electron chi connectivity index (χ3n) is 6.47. The number of hydrogen-bond donors (Lipinski definition) is 1. The third-order valence-corrected chi connectivity index (χ3v) is 6.47. The van der Waals surface area contributed by atoms with E-state index in [1.165, 1.54) is 0 Å². The van der Waals surface area contributed by atoms with Crippen LogP contribution in [0.25, 0.3) is 5.82 Å². The fourth-order valence-electron chi connectivity index (χ4n) is 4.68. The van der Waals surface area contributed by atoms with Crippen LogP contribution in [0.15, 0.2) is 36.8 Å². The van der Waals surface area contributed by atoms with Gasteiger partial charge in [0.2, 0.25) is 0 Å². The van der Waals surface area contributed by atoms with Crippen LogP contribution in [0, 0.1) is 25.2 Å². The topological polar surface area (TPSA) is 104 Å². The van der Waals surface area contributed by atoms with Crippen LogP contribution in [0.1, 0.15) is 49.7 Å². The maximum absolute atomic E-state index is 11.8. The fraction of sp³-hybridized carbons (Fsp3) is 0.333. The molecule has 2 aliphatic rings. The van der Waals surface area contributed by atoms with E-state index in [2.05, 4.69) is 21.1 Å². The lowest BCUT2D eigenvalue weighted by Crippen LogP contribution is -2.21. The van der Waals surface area contributed by atoms with Gasteiger partial charge in [0.25, 0.3) is 0 Å². The predicted octanol–water partition coefficient (Wildman–Crippen LogP) is 2.39. The summed E-state index contributed by atoms with van der Waals surface area (Å²) in [6.45, 7) is 6.13. The van der Waals surface area contributed by atoms with E-state index in [1.54, 1.807) is 17.1 Å². The summed E-state index contributed by atoms with van der Waals surface area (Å²) in [7, 11) is 0. The number of aliphatic hydroxyl groups excluding tert-OH is 1. The van der Waals surface area contributed by atoms with Crippen molar-refractivity contribution in [3.05, 3.63) is 75.7 Å². The Labute approximate surface area is 185 Å². The molecule has 1 fully saturated rings. The highest BCUT2D eigenvalue weighted by molar-refractivity contribution is 5.94. The molecule has 1 aromatic carbocycles. The minimum Gasteiger partial charge on any atom is -0.457 e. The molecule has 0 aliphatic carbocycles. The molecule has 5 rings (SSSR count). The first-order valence-corrected chi connectivity index (χ1v) is 10.5. The third kappa shape index (κ3) is 3.45. The van der Waals surface area contributed by atoms with Crippen molar-refractivity contribution in [2.24, 2.45) is 0 Å². The summed E-state index contributed by atoms with van der Waals surface area (Å²) in [6.07, 6.45) is 4.81. The number of aliphatic hydroxyl groups is 1. The molecule has 8 nitrogen and oxygen atoms in total. The fourth-order valence-corrected chi connectivity index (χ4v) is 4.68. The maximum Gasteiger partial charge on any atom is 0.338 e. The van der Waals surface area contributed by atoms with Crippen LogP contribution < -0.4 is 0 Å². The minimum atomic E-state index is -0.484. The summed E-state index contributed by atoms with van der Waals surface area (Å²) in [5, 5.41) is 24.3. The molecular weight excluding hydrogens is 406 g/mol. The molecule has 162 valence electrons. The zero-order valence-electron chi connectivity index (χ0n) is 17.9. The molecule has 0 saturated carbocycles. The lowest BCUT2D eigenvalue weighted by molar-refractivity contribution is 0.0535. The Morgan fingerprint density at radius 3 is 2.91 bits per heavy atom. The van der Waals surface area contributed by atoms with Crippen LogP contribution in [0.5, 0.6) is 0 Å². The number of carbonyl (C=O) groups excluding carboxylic acids is 1. The van der Waals surface area contributed by atoms with E-state index in [-0.39, 0.29) is 11.9 Å². The van der Waals surface area contributed by atoms with Crippen molar-refractivity contribution in [3.8, 4) is 11.9 Å². The van der Waals surface area contributed by atoms with Gasteiger partial charge in [0.15, 0.2) is 5.82 Å². The summed E-state index contributed by atoms with van der Waals surface area (Å²) in [5.74, 6) is 0.374. The Balaban J connectivity index is 1.31. The monoisotopic (exact) mass is 429 g/mol. The summed E-state index contributed by atoms with van der Waals surface area (Å²) in [4.78, 5) is 18.4. The van der Waals surface area contributed by atoms with Gasteiger partial charge in [0, 0.05) is 49.1 Å². The first kappa shape index (κ1) is 20.4. The van der Waals surface area contributed by atoms with Crippen LogP contribution in [-0.4, -0.2) is 49.9 Å². The number of aromatic nitrogens is 3. The molecule has 1 N–H and O–H groups in total. The summed E-state index contributed by atoms with van der Waals surface area (Å²) in [6, 6.07) is 7.74. The van der Waals surface area contributed by atoms with Crippen LogP contribution in [-0.2, 0) is 17.9 Å². The van der Waals surface area contributed by atoms with Gasteiger partial charge in [-0.3, -0.25) is 4.90 Å². The molecule has 8 heteroatoms. The molecule has 2 aromatic heterocycles. The van der Waals surface area contributed by atoms with E-state index < -0.39 is 6.10 Å². The Morgan fingerprint density at radius 2 is 2.12 bits per heavy atom. The molecule has 2 aliphatic heterocycles. The number of nitriles is 1. The van der Waals surface area contributed by atoms with E-state index in [4.69, 9.17) is 10.00 Å². The van der Waals surface area contributed by atoms with E-state index in [1.807, 2.05) is 38.2 Å². The zero-order valence-corrected chi connectivity index (χ0v) is 17.9. The predicted molar refractivity (Wildman–Crippen MR) is 115 cm³/mol. The first-order chi connectivity index (χ1) is 15.4. The van der Waals surface area contributed by atoms with E-state index in [0.717, 1.165) is 34.4 Å². The van der Waals surface area contributed by atoms with Crippen molar-refractivity contribution in [3.63, 3.8) is 0 Å². The van der Waals surface area contributed by atoms with Crippen LogP contribution in [0.3, 0.4) is 0 Å². The van der Waals surface area contributed by atoms with Gasteiger partial charge in [0.1, 0.15) is 12.7 Å². The second-order valence-electron chi connectivity index (χ2n) is 8.51. The van der Waals surface area contributed by atoms with Crippen LogP contribution in [0.2, 0.25) is 0 Å². The Hall–Kier alpha value is -3.54. The Morgan fingerprint density at radius 1 is 1.28 bits per heavy atom. The largest absolute Gasteiger partial charge is 0.457 e. The van der Waals surface area contributed by atoms with Gasteiger partial charge in [-0.15, -0.1) is 0 Å². The quantitative estimate of drug-likeness (QED) is 0.635. The second kappa shape index (κ2) is 7.86. The maximum atomic E-state index is 11.8. The van der Waals surface area contributed by atoms with E-state index in [9.17, 15) is 9.90 Å². The zero-order chi connectivity index (χ0) is 22.4. The highest BCUT2D eigenvalue weighted by atomic mass is 16.5. The van der Waals surface area contributed by atoms with Gasteiger partial charge in [-0.05, 0) is 42.7 Å². The summed E-state index contributed by atoms with van der Waals surface area (Å²) >= 11 is 0. The number of β-amino-alcohol motifs (C(OH)–C–C–N with tert-alkyl or cyclic N) is 1. The number of likely N-dealkylation sites (tertiary alicyclic amines) is 1. The number of carbonyl (C=O) groups is 1. The number of ether oxygens (including phenoxy) is 1. The van der Waals surface area contributed by atoms with Gasteiger partial charge >= 0.3 is 5.97 Å². The number of esters is 1. The molecule has 1 saturated heterocycles. The number of cyclic esters (lactones) is 1. The molecule has 2 atom stereocenters. The molecule has 3 aromatic rings. The standard InChI is InChI=1S/C24H23N5O3/c1-14-5-23(26-8-17(14)6-25)29-10-16(7-27-29)9-28-11-20(22(30)12-28)18-3-4-19-21(15(18)2)13-32-24(19)31/h3-5,7-8,10,20,22,30H,9,11-13H2,1-2H3. The van der Waals surface area contributed by atoms with Crippen molar-refractivity contribution in [1.82, 2.24) is 19.7 Å². The van der Waals surface area contributed by atoms with Crippen molar-refractivity contribution in [2.75, 3.05) is 13.1 Å². The number of aryl methyl sites for hydroxylation is 1. The highest BCUT2D eigenvalue weighted by Gasteiger charge is 2.35. The van der Waals surface area contributed by atoms with Crippen LogP contribution in [0.4, 0.5) is 0 Å². The normalized spacial score (nSPS) is 20.2. The molecule has 0 radical (unpaired) electrons. The van der Waals surface area contributed by atoms with Gasteiger partial charge in [-0.1, -0.05) is 6.07 Å². The lowest BCUT2D eigenvalue weighted by Gasteiger charge is -2.18. The number of hydrogen-bond acceptors (Lipinski definition) is 7. The molecule has 0 bridgehead atoms. The summed E-state index contributed by atoms with van der Waals surface area (Å²) < 4.78 is 6.87. The average Bonchev–Trinajstić information content (AvgIpc) is 3.48. The first-order valence-electron chi connectivity index (χ1n) is 10.5. The van der Waals surface area contributed by atoms with Crippen LogP contribution >= 0.6 is 0 Å². The number of benzene rings is 1.